The van der Waals surface area contributed by atoms with E-state index in [0.717, 1.165) is 23.0 Å². The monoisotopic (exact) mass is 200 g/mol. The fourth-order valence-corrected chi connectivity index (χ4v) is 1.69. The van der Waals surface area contributed by atoms with Gasteiger partial charge in [-0.1, -0.05) is 24.3 Å². The van der Waals surface area contributed by atoms with Crippen molar-refractivity contribution in [2.45, 2.75) is 13.8 Å². The molecule has 0 unspecified atom stereocenters. The highest BCUT2D eigenvalue weighted by atomic mass is 16.3. The van der Waals surface area contributed by atoms with Gasteiger partial charge in [-0.2, -0.15) is 0 Å². The number of furan rings is 1. The molecule has 1 heterocycles. The summed E-state index contributed by atoms with van der Waals surface area (Å²) in [5.41, 5.74) is 3.71. The van der Waals surface area contributed by atoms with Gasteiger partial charge in [0.25, 0.3) is 0 Å². The second kappa shape index (κ2) is 3.73. The second-order valence-electron chi connectivity index (χ2n) is 3.55. The molecular weight excluding hydrogens is 188 g/mol. The first-order valence-electron chi connectivity index (χ1n) is 4.83. The van der Waals surface area contributed by atoms with E-state index in [1.165, 1.54) is 0 Å². The normalized spacial score (nSPS) is 10.3. The van der Waals surface area contributed by atoms with Gasteiger partial charge in [-0.3, -0.25) is 4.79 Å². The van der Waals surface area contributed by atoms with Gasteiger partial charge in [0.05, 0.1) is 11.8 Å². The zero-order valence-corrected chi connectivity index (χ0v) is 8.78. The van der Waals surface area contributed by atoms with E-state index in [0.29, 0.717) is 11.3 Å². The Hall–Kier alpha value is -1.83. The molecule has 2 rings (SSSR count). The molecule has 0 N–H and O–H groups in total. The van der Waals surface area contributed by atoms with Crippen LogP contribution in [-0.2, 0) is 0 Å². The van der Waals surface area contributed by atoms with Crippen LogP contribution in [0.1, 0.15) is 21.7 Å². The van der Waals surface area contributed by atoms with Gasteiger partial charge in [-0.15, -0.1) is 0 Å². The van der Waals surface area contributed by atoms with Crippen LogP contribution in [0, 0.1) is 13.8 Å². The van der Waals surface area contributed by atoms with Crippen LogP contribution in [0.3, 0.4) is 0 Å². The van der Waals surface area contributed by atoms with Crippen molar-refractivity contribution in [1.29, 1.82) is 0 Å². The maximum atomic E-state index is 10.9. The van der Waals surface area contributed by atoms with E-state index in [-0.39, 0.29) is 0 Å². The molecule has 0 radical (unpaired) electrons. The lowest BCUT2D eigenvalue weighted by atomic mass is 9.99. The lowest BCUT2D eigenvalue weighted by Crippen LogP contribution is -1.86. The summed E-state index contributed by atoms with van der Waals surface area (Å²) < 4.78 is 5.26. The quantitative estimate of drug-likeness (QED) is 0.695. The van der Waals surface area contributed by atoms with E-state index < -0.39 is 0 Å². The van der Waals surface area contributed by atoms with Crippen LogP contribution >= 0.6 is 0 Å². The molecule has 0 aliphatic rings. The molecule has 0 aliphatic heterocycles. The van der Waals surface area contributed by atoms with Crippen LogP contribution in [0.2, 0.25) is 0 Å². The van der Waals surface area contributed by atoms with Crippen molar-refractivity contribution in [1.82, 2.24) is 0 Å². The number of hydrogen-bond donors (Lipinski definition) is 0. The van der Waals surface area contributed by atoms with Crippen LogP contribution in [0.4, 0.5) is 0 Å². The molecule has 2 nitrogen and oxygen atoms in total. The average Bonchev–Trinajstić information content (AvgIpc) is 2.60. The number of carbonyl (C=O) groups excluding carboxylic acids is 1. The fraction of sp³-hybridized carbons (Fsp3) is 0.154. The van der Waals surface area contributed by atoms with Crippen molar-refractivity contribution in [3.63, 3.8) is 0 Å². The fourth-order valence-electron chi connectivity index (χ4n) is 1.69. The van der Waals surface area contributed by atoms with Crippen LogP contribution in [-0.4, -0.2) is 6.29 Å². The first kappa shape index (κ1) is 9.71. The molecule has 15 heavy (non-hydrogen) atoms. The molecule has 0 atom stereocenters. The molecule has 0 amide bonds. The number of aldehydes is 1. The molecule has 2 heteroatoms. The van der Waals surface area contributed by atoms with Gasteiger partial charge in [-0.25, -0.2) is 0 Å². The maximum absolute atomic E-state index is 10.9. The Morgan fingerprint density at radius 3 is 2.53 bits per heavy atom. The van der Waals surface area contributed by atoms with E-state index in [1.54, 1.807) is 13.2 Å². The van der Waals surface area contributed by atoms with Gasteiger partial charge < -0.3 is 4.42 Å². The summed E-state index contributed by atoms with van der Waals surface area (Å²) in [4.78, 5) is 10.9. The predicted molar refractivity (Wildman–Crippen MR) is 59.0 cm³/mol. The molecule has 0 spiro atoms. The van der Waals surface area contributed by atoms with Gasteiger partial charge in [0.2, 0.25) is 0 Å². The highest BCUT2D eigenvalue weighted by Gasteiger charge is 2.12. The predicted octanol–water partition coefficient (Wildman–Crippen LogP) is 3.38. The summed E-state index contributed by atoms with van der Waals surface area (Å²) in [6.07, 6.45) is 2.49. The molecule has 0 bridgehead atoms. The Kier molecular flexibility index (Phi) is 2.42. The Labute approximate surface area is 88.5 Å². The van der Waals surface area contributed by atoms with E-state index in [9.17, 15) is 4.79 Å². The Morgan fingerprint density at radius 1 is 1.13 bits per heavy atom. The number of hydrogen-bond acceptors (Lipinski definition) is 2. The number of carbonyl (C=O) groups is 1. The Morgan fingerprint density at radius 2 is 1.87 bits per heavy atom. The van der Waals surface area contributed by atoms with E-state index >= 15 is 0 Å². The van der Waals surface area contributed by atoms with E-state index in [1.807, 2.05) is 31.2 Å². The van der Waals surface area contributed by atoms with Crippen molar-refractivity contribution in [2.24, 2.45) is 0 Å². The van der Waals surface area contributed by atoms with Crippen molar-refractivity contribution in [3.05, 3.63) is 47.4 Å². The molecule has 1 aromatic carbocycles. The van der Waals surface area contributed by atoms with Gasteiger partial charge in [0, 0.05) is 5.56 Å². The number of aryl methyl sites for hydroxylation is 2. The minimum Gasteiger partial charge on any atom is -0.468 e. The Bertz CT molecular complexity index is 495. The standard InChI is InChI=1S/C13H12O2/c1-9-5-3-4-6-11(9)13-8-15-10(2)12(13)7-14/h3-8H,1-2H3. The molecule has 1 aromatic heterocycles. The van der Waals surface area contributed by atoms with Gasteiger partial charge in [-0.05, 0) is 25.0 Å². The van der Waals surface area contributed by atoms with Crippen LogP contribution in [0.5, 0.6) is 0 Å². The third kappa shape index (κ3) is 1.59. The summed E-state index contributed by atoms with van der Waals surface area (Å²) in [6, 6.07) is 7.95. The Balaban J connectivity index is 2.64. The SMILES string of the molecule is Cc1ccccc1-c1coc(C)c1C=O. The lowest BCUT2D eigenvalue weighted by Gasteiger charge is -2.02. The first-order valence-corrected chi connectivity index (χ1v) is 4.83. The third-order valence-electron chi connectivity index (χ3n) is 2.58. The zero-order chi connectivity index (χ0) is 10.8. The smallest absolute Gasteiger partial charge is 0.154 e. The number of benzene rings is 1. The van der Waals surface area contributed by atoms with Crippen LogP contribution in [0.25, 0.3) is 11.1 Å². The topological polar surface area (TPSA) is 30.2 Å². The summed E-state index contributed by atoms with van der Waals surface area (Å²) in [6.45, 7) is 3.82. The van der Waals surface area contributed by atoms with Crippen LogP contribution < -0.4 is 0 Å². The molecular formula is C13H12O2. The molecule has 0 aliphatic carbocycles. The molecule has 0 saturated carbocycles. The summed E-state index contributed by atoms with van der Waals surface area (Å²) >= 11 is 0. The van der Waals surface area contributed by atoms with Gasteiger partial charge >= 0.3 is 0 Å². The first-order chi connectivity index (χ1) is 7.24. The minimum absolute atomic E-state index is 0.643. The summed E-state index contributed by atoms with van der Waals surface area (Å²) in [7, 11) is 0. The lowest BCUT2D eigenvalue weighted by molar-refractivity contribution is 0.112. The minimum atomic E-state index is 0.643. The molecule has 2 aromatic rings. The molecule has 0 fully saturated rings. The van der Waals surface area contributed by atoms with Crippen molar-refractivity contribution in [2.75, 3.05) is 0 Å². The zero-order valence-electron chi connectivity index (χ0n) is 8.78. The van der Waals surface area contributed by atoms with E-state index in [2.05, 4.69) is 0 Å². The van der Waals surface area contributed by atoms with Gasteiger partial charge in [0.15, 0.2) is 6.29 Å². The highest BCUT2D eigenvalue weighted by molar-refractivity contribution is 5.89. The molecule has 76 valence electrons. The molecule has 0 saturated heterocycles. The van der Waals surface area contributed by atoms with Crippen molar-refractivity contribution in [3.8, 4) is 11.1 Å². The largest absolute Gasteiger partial charge is 0.468 e. The van der Waals surface area contributed by atoms with Crippen LogP contribution in [0.15, 0.2) is 34.9 Å². The second-order valence-corrected chi connectivity index (χ2v) is 3.55. The van der Waals surface area contributed by atoms with Gasteiger partial charge in [0.1, 0.15) is 5.76 Å². The van der Waals surface area contributed by atoms with Crippen molar-refractivity contribution < 1.29 is 9.21 Å². The number of rotatable bonds is 2. The third-order valence-corrected chi connectivity index (χ3v) is 2.58. The van der Waals surface area contributed by atoms with E-state index in [4.69, 9.17) is 4.42 Å². The van der Waals surface area contributed by atoms with Crippen molar-refractivity contribution >= 4 is 6.29 Å². The highest BCUT2D eigenvalue weighted by Crippen LogP contribution is 2.28. The summed E-state index contributed by atoms with van der Waals surface area (Å²) in [5.74, 6) is 0.670. The summed E-state index contributed by atoms with van der Waals surface area (Å²) in [5, 5.41) is 0. The maximum Gasteiger partial charge on any atom is 0.154 e. The average molecular weight is 200 g/mol.